The van der Waals surface area contributed by atoms with Gasteiger partial charge in [-0.25, -0.2) is 9.78 Å². The zero-order valence-corrected chi connectivity index (χ0v) is 19.6. The van der Waals surface area contributed by atoms with Crippen molar-refractivity contribution in [3.63, 3.8) is 0 Å². The Kier molecular flexibility index (Phi) is 6.03. The van der Waals surface area contributed by atoms with Crippen molar-refractivity contribution < 1.29 is 9.53 Å². The summed E-state index contributed by atoms with van der Waals surface area (Å²) in [6.07, 6.45) is 8.36. The molecule has 0 amide bonds. The van der Waals surface area contributed by atoms with E-state index in [1.165, 1.54) is 5.56 Å². The molecule has 6 heteroatoms. The van der Waals surface area contributed by atoms with Crippen molar-refractivity contribution in [2.24, 2.45) is 0 Å². The van der Waals surface area contributed by atoms with Gasteiger partial charge >= 0.3 is 5.97 Å². The quantitative estimate of drug-likeness (QED) is 0.354. The number of fused-ring (bicyclic) bond motifs is 1. The molecule has 0 saturated carbocycles. The van der Waals surface area contributed by atoms with Gasteiger partial charge in [0.05, 0.1) is 6.61 Å². The van der Waals surface area contributed by atoms with Crippen molar-refractivity contribution in [2.45, 2.75) is 65.1 Å². The van der Waals surface area contributed by atoms with Crippen LogP contribution < -0.4 is 0 Å². The minimum atomic E-state index is -1.75. The van der Waals surface area contributed by atoms with Crippen molar-refractivity contribution in [3.05, 3.63) is 48.7 Å². The van der Waals surface area contributed by atoms with E-state index in [0.29, 0.717) is 28.9 Å². The molecule has 0 aliphatic carbocycles. The summed E-state index contributed by atoms with van der Waals surface area (Å²) >= 11 is 0. The summed E-state index contributed by atoms with van der Waals surface area (Å²) in [5.74, 6) is -0.384. The first-order valence-electron chi connectivity index (χ1n) is 10.6. The first kappa shape index (κ1) is 21.4. The second kappa shape index (κ2) is 8.18. The predicted octanol–water partition coefficient (Wildman–Crippen LogP) is 6.00. The molecule has 3 rings (SSSR count). The van der Waals surface area contributed by atoms with Crippen LogP contribution >= 0.6 is 0 Å². The zero-order valence-electron chi connectivity index (χ0n) is 18.6. The van der Waals surface area contributed by atoms with E-state index in [9.17, 15) is 4.79 Å². The van der Waals surface area contributed by atoms with Gasteiger partial charge in [0.2, 0.25) is 0 Å². The zero-order chi connectivity index (χ0) is 21.3. The lowest BCUT2D eigenvalue weighted by Gasteiger charge is -2.44. The number of hydrogen-bond acceptors (Lipinski definition) is 3. The van der Waals surface area contributed by atoms with E-state index in [1.807, 2.05) is 16.7 Å². The highest BCUT2D eigenvalue weighted by Gasteiger charge is 2.44. The van der Waals surface area contributed by atoms with Gasteiger partial charge in [-0.15, -0.1) is 0 Å². The Balaban J connectivity index is 2.01. The molecule has 0 saturated heterocycles. The Hall–Kier alpha value is -2.34. The Morgan fingerprint density at radius 3 is 2.17 bits per heavy atom. The van der Waals surface area contributed by atoms with Crippen LogP contribution in [0.25, 0.3) is 16.8 Å². The van der Waals surface area contributed by atoms with Crippen molar-refractivity contribution in [1.29, 1.82) is 0 Å². The number of nitrogens with zero attached hydrogens (tertiary/aromatic N) is 3. The van der Waals surface area contributed by atoms with Gasteiger partial charge in [-0.2, -0.15) is 0 Å². The summed E-state index contributed by atoms with van der Waals surface area (Å²) in [6, 6.07) is 6.23. The number of carbonyl (C=O) groups is 1. The molecule has 0 atom stereocenters. The summed E-state index contributed by atoms with van der Waals surface area (Å²) in [7, 11) is -1.75. The molecule has 0 bridgehead atoms. The molecule has 29 heavy (non-hydrogen) atoms. The maximum atomic E-state index is 12.0. The summed E-state index contributed by atoms with van der Waals surface area (Å²) in [5, 5.41) is 0. The van der Waals surface area contributed by atoms with Crippen molar-refractivity contribution in [3.8, 4) is 11.1 Å². The van der Waals surface area contributed by atoms with Gasteiger partial charge in [0.15, 0.2) is 13.9 Å². The second-order valence-corrected chi connectivity index (χ2v) is 14.4. The van der Waals surface area contributed by atoms with Crippen LogP contribution in [0, 0.1) is 0 Å². The fourth-order valence-electron chi connectivity index (χ4n) is 5.17. The molecule has 0 aliphatic rings. The number of esters is 1. The van der Waals surface area contributed by atoms with Gasteiger partial charge in [0.25, 0.3) is 0 Å². The summed E-state index contributed by atoms with van der Waals surface area (Å²) in [5.41, 5.74) is 5.32. The third-order valence-electron chi connectivity index (χ3n) is 6.18. The molecule has 156 valence electrons. The van der Waals surface area contributed by atoms with E-state index in [1.54, 1.807) is 13.1 Å². The summed E-state index contributed by atoms with van der Waals surface area (Å²) in [6.45, 7) is 16.4. The topological polar surface area (TPSA) is 48.5 Å². The van der Waals surface area contributed by atoms with Crippen LogP contribution in [-0.2, 0) is 4.74 Å². The Morgan fingerprint density at radius 2 is 1.59 bits per heavy atom. The van der Waals surface area contributed by atoms with Crippen molar-refractivity contribution in [2.75, 3.05) is 6.61 Å². The number of ether oxygens (including phenoxy) is 1. The lowest BCUT2D eigenvalue weighted by Crippen LogP contribution is -2.51. The Bertz CT molecular complexity index is 979. The van der Waals surface area contributed by atoms with E-state index in [0.717, 1.165) is 11.2 Å². The van der Waals surface area contributed by atoms with E-state index >= 15 is 0 Å². The fourth-order valence-corrected chi connectivity index (χ4v) is 11.7. The molecule has 3 aromatic rings. The molecular weight excluding hydrogens is 378 g/mol. The average molecular weight is 412 g/mol. The molecule has 3 heterocycles. The maximum Gasteiger partial charge on any atom is 0.358 e. The van der Waals surface area contributed by atoms with Gasteiger partial charge in [0.1, 0.15) is 5.65 Å². The molecule has 3 aromatic heterocycles. The summed E-state index contributed by atoms with van der Waals surface area (Å²) < 4.78 is 9.51. The smallest absolute Gasteiger partial charge is 0.358 e. The maximum absolute atomic E-state index is 12.0. The first-order valence-corrected chi connectivity index (χ1v) is 12.7. The van der Waals surface area contributed by atoms with Crippen LogP contribution in [0.4, 0.5) is 0 Å². The molecule has 0 aromatic carbocycles. The highest BCUT2D eigenvalue weighted by Crippen LogP contribution is 2.43. The van der Waals surface area contributed by atoms with Crippen molar-refractivity contribution >= 4 is 19.9 Å². The van der Waals surface area contributed by atoms with Gasteiger partial charge in [-0.1, -0.05) is 41.5 Å². The SMILES string of the molecule is CCOC(=O)c1cn2cc(-c3ccn([Si](C(C)C)(C(C)C)C(C)C)c3)ccc2n1. The molecule has 0 N–H and O–H groups in total. The van der Waals surface area contributed by atoms with Gasteiger partial charge in [-0.3, -0.25) is 0 Å². The first-order chi connectivity index (χ1) is 13.7. The number of rotatable bonds is 7. The average Bonchev–Trinajstić information content (AvgIpc) is 3.28. The molecule has 0 unspecified atom stereocenters. The second-order valence-electron chi connectivity index (χ2n) is 8.69. The van der Waals surface area contributed by atoms with Crippen LogP contribution in [0.3, 0.4) is 0 Å². The van der Waals surface area contributed by atoms with Crippen LogP contribution in [-0.4, -0.2) is 34.4 Å². The van der Waals surface area contributed by atoms with E-state index in [2.05, 4.69) is 75.3 Å². The van der Waals surface area contributed by atoms with Crippen molar-refractivity contribution in [1.82, 2.24) is 13.6 Å². The minimum absolute atomic E-state index is 0.340. The molecular formula is C23H33N3O2Si. The van der Waals surface area contributed by atoms with Gasteiger partial charge < -0.3 is 13.4 Å². The molecule has 5 nitrogen and oxygen atoms in total. The van der Waals surface area contributed by atoms with Crippen LogP contribution in [0.5, 0.6) is 0 Å². The largest absolute Gasteiger partial charge is 0.461 e. The molecule has 0 radical (unpaired) electrons. The lowest BCUT2D eigenvalue weighted by molar-refractivity contribution is 0.0520. The lowest BCUT2D eigenvalue weighted by atomic mass is 10.1. The standard InChI is InChI=1S/C23H33N3O2Si/c1-8-28-23(27)21-15-25-13-19(9-10-22(25)24-21)20-11-12-26(14-20)29(16(2)3,17(4)5)18(6)7/h9-18H,8H2,1-7H3. The van der Waals surface area contributed by atoms with Crippen LogP contribution in [0.15, 0.2) is 43.0 Å². The molecule has 0 spiro atoms. The van der Waals surface area contributed by atoms with Crippen LogP contribution in [0.2, 0.25) is 16.6 Å². The number of pyridine rings is 1. The minimum Gasteiger partial charge on any atom is -0.461 e. The third-order valence-corrected chi connectivity index (χ3v) is 12.9. The normalized spacial score (nSPS) is 12.5. The Morgan fingerprint density at radius 1 is 0.966 bits per heavy atom. The highest BCUT2D eigenvalue weighted by molar-refractivity contribution is 6.82. The van der Waals surface area contributed by atoms with Gasteiger partial charge in [-0.05, 0) is 59.1 Å². The number of carbonyl (C=O) groups excluding carboxylic acids is 1. The van der Waals surface area contributed by atoms with E-state index in [4.69, 9.17) is 4.74 Å². The van der Waals surface area contributed by atoms with Crippen LogP contribution in [0.1, 0.15) is 59.0 Å². The van der Waals surface area contributed by atoms with E-state index < -0.39 is 8.24 Å². The number of aromatic nitrogens is 3. The van der Waals surface area contributed by atoms with Gasteiger partial charge in [0, 0.05) is 18.6 Å². The predicted molar refractivity (Wildman–Crippen MR) is 121 cm³/mol. The molecule has 0 aliphatic heterocycles. The highest BCUT2D eigenvalue weighted by atomic mass is 28.3. The summed E-state index contributed by atoms with van der Waals surface area (Å²) in [4.78, 5) is 16.3. The fraction of sp³-hybridized carbons (Fsp3) is 0.478. The number of imidazole rings is 1. The van der Waals surface area contributed by atoms with E-state index in [-0.39, 0.29) is 5.97 Å². The Labute approximate surface area is 174 Å². The number of hydrogen-bond donors (Lipinski definition) is 0. The third kappa shape index (κ3) is 3.66. The molecule has 0 fully saturated rings. The monoisotopic (exact) mass is 411 g/mol.